The summed E-state index contributed by atoms with van der Waals surface area (Å²) in [5.74, 6) is -0.0964. The van der Waals surface area contributed by atoms with Gasteiger partial charge < -0.3 is 15.5 Å². The normalized spacial score (nSPS) is 16.7. The Morgan fingerprint density at radius 1 is 0.879 bits per heavy atom. The van der Waals surface area contributed by atoms with Crippen LogP contribution in [0.5, 0.6) is 0 Å². The van der Waals surface area contributed by atoms with E-state index in [9.17, 15) is 18.0 Å². The highest BCUT2D eigenvalue weighted by Crippen LogP contribution is 2.26. The van der Waals surface area contributed by atoms with Crippen LogP contribution in [0.1, 0.15) is 30.4 Å². The van der Waals surface area contributed by atoms with Gasteiger partial charge in [-0.2, -0.15) is 4.31 Å². The van der Waals surface area contributed by atoms with Crippen LogP contribution in [-0.2, 0) is 27.7 Å². The van der Waals surface area contributed by atoms with Crippen molar-refractivity contribution in [2.75, 3.05) is 38.0 Å². The molecule has 33 heavy (non-hydrogen) atoms. The summed E-state index contributed by atoms with van der Waals surface area (Å²) >= 11 is 0. The topological polar surface area (TPSA) is 98.8 Å². The number of piperazine rings is 1. The van der Waals surface area contributed by atoms with Crippen LogP contribution in [0, 0.1) is 0 Å². The third kappa shape index (κ3) is 5.72. The first-order valence-corrected chi connectivity index (χ1v) is 12.9. The van der Waals surface area contributed by atoms with Gasteiger partial charge in [0, 0.05) is 44.8 Å². The molecule has 0 radical (unpaired) electrons. The fourth-order valence-electron chi connectivity index (χ4n) is 4.34. The highest BCUT2D eigenvalue weighted by atomic mass is 32.2. The summed E-state index contributed by atoms with van der Waals surface area (Å²) < 4.78 is 27.7. The maximum Gasteiger partial charge on any atom is 0.319 e. The summed E-state index contributed by atoms with van der Waals surface area (Å²) in [7, 11) is -3.57. The van der Waals surface area contributed by atoms with Gasteiger partial charge in [0.15, 0.2) is 0 Å². The second-order valence-electron chi connectivity index (χ2n) is 8.42. The van der Waals surface area contributed by atoms with Crippen molar-refractivity contribution in [2.45, 2.75) is 37.0 Å². The molecule has 1 aliphatic heterocycles. The Morgan fingerprint density at radius 3 is 2.30 bits per heavy atom. The molecule has 1 heterocycles. The molecule has 0 spiro atoms. The number of fused-ring (bicyclic) bond motifs is 1. The molecule has 2 aliphatic rings. The number of sulfonamides is 1. The molecule has 0 saturated carbocycles. The van der Waals surface area contributed by atoms with Gasteiger partial charge in [-0.05, 0) is 61.1 Å². The Morgan fingerprint density at radius 2 is 1.58 bits per heavy atom. The van der Waals surface area contributed by atoms with Gasteiger partial charge in [-0.3, -0.25) is 4.79 Å². The molecule has 1 saturated heterocycles. The molecule has 4 rings (SSSR count). The number of carbonyl (C=O) groups excluding carboxylic acids is 2. The minimum atomic E-state index is -3.57. The van der Waals surface area contributed by atoms with E-state index in [0.717, 1.165) is 31.2 Å². The van der Waals surface area contributed by atoms with Crippen molar-refractivity contribution in [3.63, 3.8) is 0 Å². The van der Waals surface area contributed by atoms with Gasteiger partial charge in [0.2, 0.25) is 15.9 Å². The number of carbonyl (C=O) groups is 2. The zero-order chi connectivity index (χ0) is 23.3. The summed E-state index contributed by atoms with van der Waals surface area (Å²) in [6.45, 7) is 1.45. The van der Waals surface area contributed by atoms with E-state index in [1.807, 2.05) is 30.3 Å². The van der Waals surface area contributed by atoms with Crippen molar-refractivity contribution >= 4 is 27.6 Å². The number of hydrogen-bond donors (Lipinski definition) is 2. The van der Waals surface area contributed by atoms with Crippen LogP contribution < -0.4 is 10.6 Å². The average molecular weight is 471 g/mol. The largest absolute Gasteiger partial charge is 0.340 e. The van der Waals surface area contributed by atoms with Gasteiger partial charge in [-0.15, -0.1) is 0 Å². The van der Waals surface area contributed by atoms with Crippen molar-refractivity contribution in [3.05, 3.63) is 59.7 Å². The van der Waals surface area contributed by atoms with Crippen LogP contribution in [0.2, 0.25) is 0 Å². The summed E-state index contributed by atoms with van der Waals surface area (Å²) in [4.78, 5) is 26.4. The van der Waals surface area contributed by atoms with Crippen molar-refractivity contribution in [1.29, 1.82) is 0 Å². The number of aryl methyl sites for hydroxylation is 2. The molecule has 0 bridgehead atoms. The van der Waals surface area contributed by atoms with Gasteiger partial charge >= 0.3 is 6.03 Å². The number of urea groups is 1. The van der Waals surface area contributed by atoms with Gasteiger partial charge in [0.25, 0.3) is 0 Å². The second kappa shape index (κ2) is 10.4. The Bertz CT molecular complexity index is 1100. The zero-order valence-corrected chi connectivity index (χ0v) is 19.4. The van der Waals surface area contributed by atoms with E-state index in [1.165, 1.54) is 9.87 Å². The predicted octanol–water partition coefficient (Wildman–Crippen LogP) is 2.61. The van der Waals surface area contributed by atoms with Gasteiger partial charge in [0.1, 0.15) is 0 Å². The lowest BCUT2D eigenvalue weighted by atomic mass is 9.92. The highest BCUT2D eigenvalue weighted by Gasteiger charge is 2.30. The number of para-hydroxylation sites is 1. The van der Waals surface area contributed by atoms with Crippen molar-refractivity contribution in [1.82, 2.24) is 14.5 Å². The fourth-order valence-corrected chi connectivity index (χ4v) is 5.81. The van der Waals surface area contributed by atoms with E-state index in [1.54, 1.807) is 23.1 Å². The van der Waals surface area contributed by atoms with E-state index < -0.39 is 10.0 Å². The van der Waals surface area contributed by atoms with Crippen LogP contribution in [0.3, 0.4) is 0 Å². The molecule has 1 fully saturated rings. The molecule has 9 heteroatoms. The fraction of sp³-hybridized carbons (Fsp3) is 0.417. The van der Waals surface area contributed by atoms with Gasteiger partial charge in [-0.1, -0.05) is 24.3 Å². The minimum Gasteiger partial charge on any atom is -0.340 e. The maximum atomic E-state index is 13.1. The molecule has 8 nitrogen and oxygen atoms in total. The Kier molecular flexibility index (Phi) is 7.29. The first-order valence-electron chi connectivity index (χ1n) is 11.4. The van der Waals surface area contributed by atoms with Crippen LogP contribution >= 0.6 is 0 Å². The van der Waals surface area contributed by atoms with Crippen LogP contribution in [-0.4, -0.2) is 62.3 Å². The van der Waals surface area contributed by atoms with Crippen LogP contribution in [0.25, 0.3) is 0 Å². The van der Waals surface area contributed by atoms with E-state index in [2.05, 4.69) is 10.6 Å². The number of hydrogen-bond acceptors (Lipinski definition) is 4. The molecule has 0 atom stereocenters. The number of anilines is 1. The molecular formula is C24H30N4O4S. The molecular weight excluding hydrogens is 440 g/mol. The van der Waals surface area contributed by atoms with Gasteiger partial charge in [0.05, 0.1) is 4.90 Å². The second-order valence-corrected chi connectivity index (χ2v) is 10.4. The number of nitrogens with zero attached hydrogens (tertiary/aromatic N) is 2. The van der Waals surface area contributed by atoms with E-state index in [4.69, 9.17) is 0 Å². The lowest BCUT2D eigenvalue weighted by Crippen LogP contribution is -2.51. The number of benzene rings is 2. The highest BCUT2D eigenvalue weighted by molar-refractivity contribution is 7.89. The molecule has 3 amide bonds. The molecule has 2 N–H and O–H groups in total. The SMILES string of the molecule is O=C(NCCC(=O)N1CCN(S(=O)(=O)c2ccc3c(c2)CCCC3)CC1)Nc1ccccc1. The minimum absolute atomic E-state index is 0.0964. The Hall–Kier alpha value is -2.91. The van der Waals surface area contributed by atoms with Crippen molar-refractivity contribution in [2.24, 2.45) is 0 Å². The quantitative estimate of drug-likeness (QED) is 0.678. The zero-order valence-electron chi connectivity index (χ0n) is 18.6. The smallest absolute Gasteiger partial charge is 0.319 e. The number of rotatable bonds is 6. The lowest BCUT2D eigenvalue weighted by molar-refractivity contribution is -0.132. The lowest BCUT2D eigenvalue weighted by Gasteiger charge is -2.34. The summed E-state index contributed by atoms with van der Waals surface area (Å²) in [5, 5.41) is 5.38. The summed E-state index contributed by atoms with van der Waals surface area (Å²) in [5.41, 5.74) is 3.07. The van der Waals surface area contributed by atoms with Crippen molar-refractivity contribution in [3.8, 4) is 0 Å². The first kappa shape index (κ1) is 23.3. The third-order valence-corrected chi connectivity index (χ3v) is 8.10. The van der Waals surface area contributed by atoms with E-state index >= 15 is 0 Å². The standard InChI is InChI=1S/C24H30N4O4S/c29-23(12-13-25-24(30)26-21-8-2-1-3-9-21)27-14-16-28(17-15-27)33(31,32)22-11-10-19-6-4-5-7-20(19)18-22/h1-3,8-11,18H,4-7,12-17H2,(H2,25,26,30). The third-order valence-electron chi connectivity index (χ3n) is 6.21. The number of amides is 3. The van der Waals surface area contributed by atoms with Crippen molar-refractivity contribution < 1.29 is 18.0 Å². The van der Waals surface area contributed by atoms with Crippen LogP contribution in [0.4, 0.5) is 10.5 Å². The van der Waals surface area contributed by atoms with E-state index in [0.29, 0.717) is 23.7 Å². The van der Waals surface area contributed by atoms with Gasteiger partial charge in [-0.25, -0.2) is 13.2 Å². The predicted molar refractivity (Wildman–Crippen MR) is 127 cm³/mol. The summed E-state index contributed by atoms with van der Waals surface area (Å²) in [6, 6.07) is 14.2. The molecule has 2 aromatic rings. The Balaban J connectivity index is 1.24. The summed E-state index contributed by atoms with van der Waals surface area (Å²) in [6.07, 6.45) is 4.36. The number of nitrogens with one attached hydrogen (secondary N) is 2. The molecule has 1 aliphatic carbocycles. The molecule has 2 aromatic carbocycles. The van der Waals surface area contributed by atoms with Crippen LogP contribution in [0.15, 0.2) is 53.4 Å². The monoisotopic (exact) mass is 470 g/mol. The maximum absolute atomic E-state index is 13.1. The Labute approximate surface area is 195 Å². The molecule has 0 aromatic heterocycles. The first-order chi connectivity index (χ1) is 15.9. The average Bonchev–Trinajstić information content (AvgIpc) is 2.84. The molecule has 176 valence electrons. The van der Waals surface area contributed by atoms with E-state index in [-0.39, 0.29) is 38.0 Å². The molecule has 0 unspecified atom stereocenters.